The van der Waals surface area contributed by atoms with Gasteiger partial charge < -0.3 is 76.1 Å². The minimum Gasteiger partial charge on any atom is -0.490 e. The van der Waals surface area contributed by atoms with Crippen LogP contribution < -0.4 is 30.2 Å². The summed E-state index contributed by atoms with van der Waals surface area (Å²) in [4.78, 5) is 0. The van der Waals surface area contributed by atoms with Crippen molar-refractivity contribution in [2.24, 2.45) is 0 Å². The van der Waals surface area contributed by atoms with Crippen LogP contribution in [-0.2, 0) is 121 Å². The molecule has 9 rings (SSSR count). The van der Waals surface area contributed by atoms with Crippen LogP contribution >= 0.6 is 34.8 Å². The molecule has 0 bridgehead atoms. The predicted octanol–water partition coefficient (Wildman–Crippen LogP) is 3.59. The highest BCUT2D eigenvalue weighted by atomic mass is 35.5. The first kappa shape index (κ1) is 131. The van der Waals surface area contributed by atoms with Gasteiger partial charge in [-0.05, 0) is 88.0 Å². The molecule has 0 atom stereocenters. The van der Waals surface area contributed by atoms with Crippen molar-refractivity contribution in [1.82, 2.24) is 16.0 Å². The fraction of sp³-hybridized carbons (Fsp3) is 0.425. The number of hydrogen-bond acceptors (Lipinski definition) is 35. The number of nitrogens with one attached hydrogen (secondary N) is 3. The van der Waals surface area contributed by atoms with E-state index in [1.54, 1.807) is 20.8 Å². The highest BCUT2D eigenvalue weighted by molar-refractivity contribution is 7.87. The molecular formula is C73H112Cl3N3O42S10. The number of ether oxygens (including phenoxy) is 3. The van der Waals surface area contributed by atoms with Crippen LogP contribution in [-0.4, -0.2) is 334 Å². The molecule has 45 nitrogen and oxygen atoms in total. The van der Waals surface area contributed by atoms with Crippen LogP contribution in [0, 0.1) is 0 Å². The van der Waals surface area contributed by atoms with Crippen molar-refractivity contribution in [2.45, 2.75) is 57.0 Å². The SMILES string of the molecule is CC(CO)(CO)NCc1c2ccccc2c(OCCO)c2c(Cl)cccc12.CC(CO)(CO)NCc1c2ccccc2c(OCCO)c2c(Cl)cccc12.CC(CO)(CO)NCc1c2ccccc2c(OCCO)c2c(Cl)cccc12.CS(=O)(=O)O.CS(=O)(=O)O.CS(=O)(=O)O.CS(=O)(=O)O.CS(=O)(=O)O.CS(=O)(=O)O.CS(=O)(=O)O.CS(=O)(=O)O.CS(=O)(=O)O.CS(=O)(=O)O. The average molecular weight is 2130 g/mol. The Morgan fingerprint density at radius 2 is 0.382 bits per heavy atom. The molecule has 0 saturated heterocycles. The van der Waals surface area contributed by atoms with E-state index in [2.05, 4.69) is 16.0 Å². The van der Waals surface area contributed by atoms with Gasteiger partial charge in [0.2, 0.25) is 0 Å². The Morgan fingerprint density at radius 3 is 0.519 bits per heavy atom. The maximum Gasteiger partial charge on any atom is 0.261 e. The van der Waals surface area contributed by atoms with Gasteiger partial charge in [0, 0.05) is 52.0 Å². The van der Waals surface area contributed by atoms with Crippen LogP contribution in [0.5, 0.6) is 17.2 Å². The topological polar surface area (TPSA) is 790 Å². The van der Waals surface area contributed by atoms with Gasteiger partial charge in [-0.25, -0.2) is 0 Å². The zero-order chi connectivity index (χ0) is 103. The van der Waals surface area contributed by atoms with Gasteiger partial charge in [-0.15, -0.1) is 0 Å². The fourth-order valence-electron chi connectivity index (χ4n) is 9.55. The van der Waals surface area contributed by atoms with E-state index in [4.69, 9.17) is 94.5 Å². The summed E-state index contributed by atoms with van der Waals surface area (Å²) in [5.74, 6) is 1.95. The maximum atomic E-state index is 9.59. The van der Waals surface area contributed by atoms with Gasteiger partial charge in [0.1, 0.15) is 37.1 Å². The van der Waals surface area contributed by atoms with E-state index in [-0.39, 0.29) is 79.3 Å². The van der Waals surface area contributed by atoms with Gasteiger partial charge in [-0.2, -0.15) is 84.2 Å². The number of rotatable bonds is 24. The highest BCUT2D eigenvalue weighted by Crippen LogP contribution is 2.45. The third kappa shape index (κ3) is 67.3. The summed E-state index contributed by atoms with van der Waals surface area (Å²) in [6.45, 7) is 5.79. The zero-order valence-corrected chi connectivity index (χ0v) is 82.8. The number of hydrogen-bond donors (Lipinski definition) is 22. The summed E-state index contributed by atoms with van der Waals surface area (Å²) < 4.78 is 276. The first-order chi connectivity index (χ1) is 59.1. The molecule has 0 aliphatic heterocycles. The van der Waals surface area contributed by atoms with Crippen molar-refractivity contribution in [3.8, 4) is 17.2 Å². The van der Waals surface area contributed by atoms with Crippen molar-refractivity contribution in [3.63, 3.8) is 0 Å². The number of aliphatic hydroxyl groups excluding tert-OH is 9. The van der Waals surface area contributed by atoms with Gasteiger partial charge in [0.15, 0.2) is 0 Å². The molecular weight excluding hydrogens is 2020 g/mol. The Kier molecular flexibility index (Phi) is 59.3. The molecule has 58 heteroatoms. The second-order valence-electron chi connectivity index (χ2n) is 27.8. The average Bonchev–Trinajstić information content (AvgIpc) is 0.757. The number of benzene rings is 9. The lowest BCUT2D eigenvalue weighted by molar-refractivity contribution is 0.103. The molecule has 0 aliphatic carbocycles. The second-order valence-corrected chi connectivity index (χ2v) is 43.7. The highest BCUT2D eigenvalue weighted by Gasteiger charge is 2.28. The van der Waals surface area contributed by atoms with Crippen molar-refractivity contribution in [2.75, 3.05) is 142 Å². The first-order valence-corrected chi connectivity index (χ1v) is 55.5. The summed E-state index contributed by atoms with van der Waals surface area (Å²) in [6.07, 6.45) is 7.15. The zero-order valence-electron chi connectivity index (χ0n) is 72.3. The summed E-state index contributed by atoms with van der Waals surface area (Å²) in [5.41, 5.74) is 0.640. The van der Waals surface area contributed by atoms with E-state index in [1.807, 2.05) is 127 Å². The third-order valence-corrected chi connectivity index (χ3v) is 15.3. The monoisotopic (exact) mass is 2130 g/mol. The Bertz CT molecular complexity index is 5370. The fourth-order valence-corrected chi connectivity index (χ4v) is 10.3. The van der Waals surface area contributed by atoms with E-state index >= 15 is 0 Å². The molecule has 0 radical (unpaired) electrons. The smallest absolute Gasteiger partial charge is 0.261 e. The van der Waals surface area contributed by atoms with E-state index in [0.717, 1.165) is 81.3 Å². The number of aliphatic hydroxyl groups is 9. The summed E-state index contributed by atoms with van der Waals surface area (Å²) in [7, 11) is -36.7. The van der Waals surface area contributed by atoms with Gasteiger partial charge in [-0.1, -0.05) is 144 Å². The van der Waals surface area contributed by atoms with E-state index in [0.29, 0.717) is 115 Å². The summed E-state index contributed by atoms with van der Waals surface area (Å²) in [5, 5.41) is 107. The van der Waals surface area contributed by atoms with Crippen LogP contribution in [0.15, 0.2) is 127 Å². The van der Waals surface area contributed by atoms with E-state index < -0.39 is 118 Å². The quantitative estimate of drug-likeness (QED) is 0.0303. The van der Waals surface area contributed by atoms with Crippen LogP contribution in [0.4, 0.5) is 0 Å². The standard InChI is InChI=1S/3C21H24ClNO4.10CH4O3S/c3*1-21(12-25,13-26)23-11-17-14-5-2-3-6-16(14)20(27-10-9-24)19-15(17)7-4-8-18(19)22;10*1-5(2,3)4/h3*2-8,23-26H,9-13H2,1H3;10*1H3,(H,2,3,4). The summed E-state index contributed by atoms with van der Waals surface area (Å²) >= 11 is 19.5. The van der Waals surface area contributed by atoms with Gasteiger partial charge in [0.05, 0.1) is 154 Å². The summed E-state index contributed by atoms with van der Waals surface area (Å²) in [6, 6.07) is 40.6. The molecule has 131 heavy (non-hydrogen) atoms. The lowest BCUT2D eigenvalue weighted by Crippen LogP contribution is -2.48. The van der Waals surface area contributed by atoms with Gasteiger partial charge in [-0.3, -0.25) is 45.5 Å². The maximum absolute atomic E-state index is 9.59. The molecule has 0 heterocycles. The van der Waals surface area contributed by atoms with Gasteiger partial charge >= 0.3 is 0 Å². The van der Waals surface area contributed by atoms with Crippen LogP contribution in [0.1, 0.15) is 37.5 Å². The van der Waals surface area contributed by atoms with Gasteiger partial charge in [0.25, 0.3) is 101 Å². The predicted molar refractivity (Wildman–Crippen MR) is 500 cm³/mol. The van der Waals surface area contributed by atoms with E-state index in [1.165, 1.54) is 0 Å². The molecule has 0 saturated carbocycles. The van der Waals surface area contributed by atoms with Crippen molar-refractivity contribution >= 4 is 201 Å². The normalized spacial score (nSPS) is 11.9. The van der Waals surface area contributed by atoms with Crippen LogP contribution in [0.3, 0.4) is 0 Å². The van der Waals surface area contributed by atoms with Crippen LogP contribution in [0.2, 0.25) is 15.1 Å². The van der Waals surface area contributed by atoms with E-state index in [9.17, 15) is 130 Å². The molecule has 0 fully saturated rings. The van der Waals surface area contributed by atoms with Crippen LogP contribution in [0.25, 0.3) is 64.6 Å². The molecule has 752 valence electrons. The molecule has 0 aromatic heterocycles. The largest absolute Gasteiger partial charge is 0.490 e. The lowest BCUT2D eigenvalue weighted by atomic mass is 9.94. The molecule has 9 aromatic rings. The molecule has 9 aromatic carbocycles. The molecule has 0 spiro atoms. The minimum atomic E-state index is -3.67. The Balaban J connectivity index is -0.000000733. The Hall–Kier alpha value is -6.57. The Labute approximate surface area is 775 Å². The number of fused-ring (bicyclic) bond motifs is 6. The Morgan fingerprint density at radius 1 is 0.244 bits per heavy atom. The molecule has 22 N–H and O–H groups in total. The third-order valence-electron chi connectivity index (χ3n) is 14.4. The van der Waals surface area contributed by atoms with Crippen molar-refractivity contribution in [1.29, 1.82) is 0 Å². The molecule has 0 aliphatic rings. The minimum absolute atomic E-state index is 0.0884. The number of halogens is 3. The first-order valence-electron chi connectivity index (χ1n) is 35.8. The molecule has 0 amide bonds. The molecule has 0 unspecified atom stereocenters. The van der Waals surface area contributed by atoms with Crippen molar-refractivity contribution in [3.05, 3.63) is 159 Å². The lowest BCUT2D eigenvalue weighted by Gasteiger charge is -2.27. The second kappa shape index (κ2) is 59.4. The van der Waals surface area contributed by atoms with Crippen molar-refractivity contribution < 1.29 is 190 Å².